The SMILES string of the molecule is O=C(Nc1ccc2c(c1)OCO2)c1cnc2ccccn12. The van der Waals surface area contributed by atoms with Gasteiger partial charge in [0.1, 0.15) is 11.3 Å². The van der Waals surface area contributed by atoms with E-state index in [0.29, 0.717) is 22.9 Å². The average molecular weight is 281 g/mol. The molecule has 0 fully saturated rings. The Hall–Kier alpha value is -3.02. The molecule has 0 unspecified atom stereocenters. The van der Waals surface area contributed by atoms with Crippen LogP contribution in [0.25, 0.3) is 5.65 Å². The summed E-state index contributed by atoms with van der Waals surface area (Å²) in [5.74, 6) is 1.08. The molecule has 0 saturated heterocycles. The van der Waals surface area contributed by atoms with Crippen LogP contribution in [0.5, 0.6) is 11.5 Å². The molecule has 21 heavy (non-hydrogen) atoms. The first-order valence-corrected chi connectivity index (χ1v) is 6.44. The summed E-state index contributed by atoms with van der Waals surface area (Å²) in [6.07, 6.45) is 3.36. The number of rotatable bonds is 2. The number of amides is 1. The zero-order valence-corrected chi connectivity index (χ0v) is 10.9. The van der Waals surface area contributed by atoms with Crippen molar-refractivity contribution in [1.29, 1.82) is 0 Å². The van der Waals surface area contributed by atoms with Gasteiger partial charge in [-0.05, 0) is 24.3 Å². The maximum absolute atomic E-state index is 12.3. The molecule has 1 amide bonds. The van der Waals surface area contributed by atoms with Crippen LogP contribution < -0.4 is 14.8 Å². The molecular weight excluding hydrogens is 270 g/mol. The third-order valence-electron chi connectivity index (χ3n) is 3.28. The van der Waals surface area contributed by atoms with Gasteiger partial charge in [0.05, 0.1) is 6.20 Å². The molecule has 0 radical (unpaired) electrons. The van der Waals surface area contributed by atoms with Gasteiger partial charge in [0.2, 0.25) is 6.79 Å². The third kappa shape index (κ3) is 1.97. The lowest BCUT2D eigenvalue weighted by molar-refractivity contribution is 0.102. The van der Waals surface area contributed by atoms with E-state index < -0.39 is 0 Å². The molecule has 1 aliphatic rings. The lowest BCUT2D eigenvalue weighted by atomic mass is 10.2. The van der Waals surface area contributed by atoms with Gasteiger partial charge in [-0.2, -0.15) is 0 Å². The van der Waals surface area contributed by atoms with E-state index in [1.807, 2.05) is 18.2 Å². The van der Waals surface area contributed by atoms with Gasteiger partial charge >= 0.3 is 0 Å². The van der Waals surface area contributed by atoms with Crippen molar-refractivity contribution < 1.29 is 14.3 Å². The molecule has 1 N–H and O–H groups in total. The second-order valence-corrected chi connectivity index (χ2v) is 4.59. The van der Waals surface area contributed by atoms with Crippen LogP contribution in [0.3, 0.4) is 0 Å². The summed E-state index contributed by atoms with van der Waals surface area (Å²) in [7, 11) is 0. The minimum atomic E-state index is -0.229. The Labute approximate surface area is 119 Å². The van der Waals surface area contributed by atoms with Crippen molar-refractivity contribution in [2.24, 2.45) is 0 Å². The van der Waals surface area contributed by atoms with Crippen LogP contribution in [-0.2, 0) is 0 Å². The van der Waals surface area contributed by atoms with Crippen LogP contribution in [-0.4, -0.2) is 22.1 Å². The number of nitrogens with one attached hydrogen (secondary N) is 1. The predicted molar refractivity (Wildman–Crippen MR) is 75.7 cm³/mol. The van der Waals surface area contributed by atoms with E-state index in [9.17, 15) is 4.79 Å². The van der Waals surface area contributed by atoms with Crippen molar-refractivity contribution in [3.8, 4) is 11.5 Å². The fraction of sp³-hybridized carbons (Fsp3) is 0.0667. The Morgan fingerprint density at radius 1 is 1.19 bits per heavy atom. The second-order valence-electron chi connectivity index (χ2n) is 4.59. The molecule has 4 rings (SSSR count). The molecule has 2 aromatic heterocycles. The van der Waals surface area contributed by atoms with E-state index in [4.69, 9.17) is 9.47 Å². The number of fused-ring (bicyclic) bond motifs is 2. The van der Waals surface area contributed by atoms with E-state index >= 15 is 0 Å². The summed E-state index contributed by atoms with van der Waals surface area (Å²) in [5, 5.41) is 2.83. The molecule has 6 nitrogen and oxygen atoms in total. The zero-order valence-electron chi connectivity index (χ0n) is 10.9. The molecule has 0 bridgehead atoms. The van der Waals surface area contributed by atoms with Gasteiger partial charge in [-0.3, -0.25) is 9.20 Å². The van der Waals surface area contributed by atoms with Gasteiger partial charge in [0.15, 0.2) is 11.5 Å². The van der Waals surface area contributed by atoms with Crippen molar-refractivity contribution in [2.75, 3.05) is 12.1 Å². The van der Waals surface area contributed by atoms with Crippen LogP contribution in [0, 0.1) is 0 Å². The van der Waals surface area contributed by atoms with Gasteiger partial charge in [-0.1, -0.05) is 6.07 Å². The first-order chi connectivity index (χ1) is 10.3. The summed E-state index contributed by atoms with van der Waals surface area (Å²) < 4.78 is 12.3. The Kier molecular flexibility index (Phi) is 2.53. The lowest BCUT2D eigenvalue weighted by Gasteiger charge is -2.06. The number of benzene rings is 1. The highest BCUT2D eigenvalue weighted by Gasteiger charge is 2.16. The molecule has 1 aromatic carbocycles. The highest BCUT2D eigenvalue weighted by Crippen LogP contribution is 2.34. The standard InChI is InChI=1S/C15H11N3O3/c19-15(11-8-16-14-3-1-2-6-18(11)14)17-10-4-5-12-13(7-10)21-9-20-12/h1-8H,9H2,(H,17,19). The highest BCUT2D eigenvalue weighted by atomic mass is 16.7. The van der Waals surface area contributed by atoms with Crippen molar-refractivity contribution >= 4 is 17.2 Å². The molecule has 104 valence electrons. The molecule has 3 aromatic rings. The monoisotopic (exact) mass is 281 g/mol. The van der Waals surface area contributed by atoms with Gasteiger partial charge in [-0.25, -0.2) is 4.98 Å². The van der Waals surface area contributed by atoms with E-state index in [2.05, 4.69) is 10.3 Å². The van der Waals surface area contributed by atoms with Gasteiger partial charge < -0.3 is 14.8 Å². The quantitative estimate of drug-likeness (QED) is 0.783. The minimum Gasteiger partial charge on any atom is -0.454 e. The molecule has 0 aliphatic carbocycles. The number of carbonyl (C=O) groups is 1. The zero-order chi connectivity index (χ0) is 14.2. The number of pyridine rings is 1. The predicted octanol–water partition coefficient (Wildman–Crippen LogP) is 2.32. The number of imidazole rings is 1. The van der Waals surface area contributed by atoms with Crippen molar-refractivity contribution in [3.63, 3.8) is 0 Å². The van der Waals surface area contributed by atoms with Crippen LogP contribution in [0.1, 0.15) is 10.5 Å². The summed E-state index contributed by atoms with van der Waals surface area (Å²) in [5.41, 5.74) is 1.85. The van der Waals surface area contributed by atoms with Crippen molar-refractivity contribution in [3.05, 3.63) is 54.5 Å². The van der Waals surface area contributed by atoms with Crippen LogP contribution in [0.2, 0.25) is 0 Å². The van der Waals surface area contributed by atoms with E-state index in [0.717, 1.165) is 5.65 Å². The summed E-state index contributed by atoms with van der Waals surface area (Å²) in [6, 6.07) is 10.9. The summed E-state index contributed by atoms with van der Waals surface area (Å²) >= 11 is 0. The van der Waals surface area contributed by atoms with Crippen molar-refractivity contribution in [1.82, 2.24) is 9.38 Å². The maximum atomic E-state index is 12.3. The largest absolute Gasteiger partial charge is 0.454 e. The number of hydrogen-bond acceptors (Lipinski definition) is 4. The Balaban J connectivity index is 1.63. The summed E-state index contributed by atoms with van der Waals surface area (Å²) in [6.45, 7) is 0.208. The molecule has 3 heterocycles. The lowest BCUT2D eigenvalue weighted by Crippen LogP contribution is -2.14. The Morgan fingerprint density at radius 2 is 2.10 bits per heavy atom. The minimum absolute atomic E-state index is 0.208. The van der Waals surface area contributed by atoms with Gasteiger partial charge in [0.25, 0.3) is 5.91 Å². The highest BCUT2D eigenvalue weighted by molar-refractivity contribution is 6.03. The molecule has 0 spiro atoms. The Bertz CT molecular complexity index is 841. The molecular formula is C15H11N3O3. The topological polar surface area (TPSA) is 64.9 Å². The fourth-order valence-corrected chi connectivity index (χ4v) is 2.27. The number of anilines is 1. The van der Waals surface area contributed by atoms with Crippen LogP contribution >= 0.6 is 0 Å². The average Bonchev–Trinajstić information content (AvgIpc) is 3.13. The third-order valence-corrected chi connectivity index (χ3v) is 3.28. The smallest absolute Gasteiger partial charge is 0.274 e. The fourth-order valence-electron chi connectivity index (χ4n) is 2.27. The number of carbonyl (C=O) groups excluding carboxylic acids is 1. The van der Waals surface area contributed by atoms with Crippen LogP contribution in [0.4, 0.5) is 5.69 Å². The molecule has 1 aliphatic heterocycles. The van der Waals surface area contributed by atoms with Crippen molar-refractivity contribution in [2.45, 2.75) is 0 Å². The van der Waals surface area contributed by atoms with Crippen LogP contribution in [0.15, 0.2) is 48.8 Å². The second kappa shape index (κ2) is 4.52. The molecule has 0 atom stereocenters. The van der Waals surface area contributed by atoms with E-state index in [1.165, 1.54) is 0 Å². The number of hydrogen-bond donors (Lipinski definition) is 1. The number of ether oxygens (including phenoxy) is 2. The number of aromatic nitrogens is 2. The van der Waals surface area contributed by atoms with E-state index in [1.54, 1.807) is 35.0 Å². The van der Waals surface area contributed by atoms with Gasteiger partial charge in [0, 0.05) is 18.0 Å². The maximum Gasteiger partial charge on any atom is 0.274 e. The first-order valence-electron chi connectivity index (χ1n) is 6.44. The number of nitrogens with zero attached hydrogens (tertiary/aromatic N) is 2. The molecule has 0 saturated carbocycles. The molecule has 6 heteroatoms. The van der Waals surface area contributed by atoms with Gasteiger partial charge in [-0.15, -0.1) is 0 Å². The van der Waals surface area contributed by atoms with E-state index in [-0.39, 0.29) is 12.7 Å². The normalized spacial score (nSPS) is 12.6. The Morgan fingerprint density at radius 3 is 3.05 bits per heavy atom. The summed E-state index contributed by atoms with van der Waals surface area (Å²) in [4.78, 5) is 16.5. The first kappa shape index (κ1) is 11.8.